The maximum absolute atomic E-state index is 12.7. The van der Waals surface area contributed by atoms with E-state index in [1.54, 1.807) is 18.2 Å². The zero-order valence-electron chi connectivity index (χ0n) is 11.6. The SMILES string of the molecule is O=S(=O)(c1ccccc1)c1cc(Cl)nnc1NCC1CCO1. The van der Waals surface area contributed by atoms with Crippen LogP contribution in [0.4, 0.5) is 5.82 Å². The third-order valence-electron chi connectivity index (χ3n) is 3.36. The Labute approximate surface area is 133 Å². The van der Waals surface area contributed by atoms with Gasteiger partial charge in [0.1, 0.15) is 4.90 Å². The second-order valence-corrected chi connectivity index (χ2v) is 7.16. The van der Waals surface area contributed by atoms with Crippen LogP contribution in [-0.2, 0) is 14.6 Å². The predicted molar refractivity (Wildman–Crippen MR) is 81.8 cm³/mol. The van der Waals surface area contributed by atoms with Gasteiger partial charge in [-0.1, -0.05) is 29.8 Å². The Morgan fingerprint density at radius 2 is 2.00 bits per heavy atom. The Morgan fingerprint density at radius 1 is 1.27 bits per heavy atom. The molecule has 8 heteroatoms. The van der Waals surface area contributed by atoms with E-state index in [-0.39, 0.29) is 26.9 Å². The zero-order valence-corrected chi connectivity index (χ0v) is 13.1. The van der Waals surface area contributed by atoms with Gasteiger partial charge in [-0.25, -0.2) is 8.42 Å². The number of anilines is 1. The number of sulfone groups is 1. The fraction of sp³-hybridized carbons (Fsp3) is 0.286. The van der Waals surface area contributed by atoms with Crippen molar-refractivity contribution in [1.29, 1.82) is 0 Å². The first-order chi connectivity index (χ1) is 10.6. The van der Waals surface area contributed by atoms with Crippen molar-refractivity contribution in [3.05, 3.63) is 41.6 Å². The standard InChI is InChI=1S/C14H14ClN3O3S/c15-13-8-12(22(19,20)11-4-2-1-3-5-11)14(18-17-13)16-9-10-6-7-21-10/h1-5,8,10H,6-7,9H2,(H,16,18). The van der Waals surface area contributed by atoms with Crippen LogP contribution in [0.3, 0.4) is 0 Å². The van der Waals surface area contributed by atoms with Crippen LogP contribution in [0.1, 0.15) is 6.42 Å². The molecule has 2 aromatic rings. The highest BCUT2D eigenvalue weighted by Gasteiger charge is 2.25. The summed E-state index contributed by atoms with van der Waals surface area (Å²) in [7, 11) is -3.72. The van der Waals surface area contributed by atoms with E-state index in [2.05, 4.69) is 15.5 Å². The molecule has 1 saturated heterocycles. The van der Waals surface area contributed by atoms with Gasteiger partial charge in [-0.15, -0.1) is 10.2 Å². The molecule has 116 valence electrons. The first-order valence-corrected chi connectivity index (χ1v) is 8.62. The Bertz CT molecular complexity index is 764. The van der Waals surface area contributed by atoms with Gasteiger partial charge in [0.2, 0.25) is 9.84 Å². The van der Waals surface area contributed by atoms with Gasteiger partial charge in [-0.05, 0) is 18.6 Å². The summed E-state index contributed by atoms with van der Waals surface area (Å²) in [5.41, 5.74) is 0. The number of hydrogen-bond donors (Lipinski definition) is 1. The van der Waals surface area contributed by atoms with Crippen molar-refractivity contribution in [3.63, 3.8) is 0 Å². The first-order valence-electron chi connectivity index (χ1n) is 6.76. The minimum absolute atomic E-state index is 0.0121. The van der Waals surface area contributed by atoms with Crippen molar-refractivity contribution in [2.75, 3.05) is 18.5 Å². The number of aromatic nitrogens is 2. The molecule has 3 rings (SSSR count). The van der Waals surface area contributed by atoms with Crippen LogP contribution < -0.4 is 5.32 Å². The number of rotatable bonds is 5. The van der Waals surface area contributed by atoms with Crippen molar-refractivity contribution in [2.45, 2.75) is 22.3 Å². The fourth-order valence-corrected chi connectivity index (χ4v) is 3.68. The molecular formula is C14H14ClN3O3S. The third-order valence-corrected chi connectivity index (χ3v) is 5.33. The molecule has 1 N–H and O–H groups in total. The first kappa shape index (κ1) is 15.2. The Balaban J connectivity index is 1.95. The van der Waals surface area contributed by atoms with E-state index in [0.29, 0.717) is 6.54 Å². The Kier molecular flexibility index (Phi) is 4.28. The lowest BCUT2D eigenvalue weighted by atomic mass is 10.2. The lowest BCUT2D eigenvalue weighted by molar-refractivity contribution is -0.0411. The van der Waals surface area contributed by atoms with Crippen LogP contribution in [0.5, 0.6) is 0 Å². The van der Waals surface area contributed by atoms with Crippen molar-refractivity contribution >= 4 is 27.3 Å². The monoisotopic (exact) mass is 339 g/mol. The Hall–Kier alpha value is -1.70. The average Bonchev–Trinajstić information content (AvgIpc) is 2.48. The summed E-state index contributed by atoms with van der Waals surface area (Å²) in [4.78, 5) is 0.194. The lowest BCUT2D eigenvalue weighted by Gasteiger charge is -2.26. The minimum atomic E-state index is -3.72. The zero-order chi connectivity index (χ0) is 15.6. The van der Waals surface area contributed by atoms with Gasteiger partial charge >= 0.3 is 0 Å². The normalized spacial score (nSPS) is 17.8. The number of hydrogen-bond acceptors (Lipinski definition) is 6. The number of nitrogens with zero attached hydrogens (tertiary/aromatic N) is 2. The van der Waals surface area contributed by atoms with Gasteiger partial charge in [0.05, 0.1) is 11.0 Å². The summed E-state index contributed by atoms with van der Waals surface area (Å²) in [6.07, 6.45) is 1.01. The summed E-state index contributed by atoms with van der Waals surface area (Å²) >= 11 is 5.82. The molecule has 2 heterocycles. The van der Waals surface area contributed by atoms with Gasteiger partial charge in [0, 0.05) is 19.2 Å². The van der Waals surface area contributed by atoms with E-state index in [4.69, 9.17) is 16.3 Å². The molecule has 0 amide bonds. The lowest BCUT2D eigenvalue weighted by Crippen LogP contribution is -2.34. The van der Waals surface area contributed by atoms with E-state index < -0.39 is 9.84 Å². The van der Waals surface area contributed by atoms with E-state index in [1.807, 2.05) is 0 Å². The number of nitrogens with one attached hydrogen (secondary N) is 1. The summed E-state index contributed by atoms with van der Waals surface area (Å²) in [6.45, 7) is 1.21. The van der Waals surface area contributed by atoms with Crippen LogP contribution in [0.15, 0.2) is 46.2 Å². The number of benzene rings is 1. The topological polar surface area (TPSA) is 81.2 Å². The van der Waals surface area contributed by atoms with Crippen LogP contribution in [0, 0.1) is 0 Å². The highest BCUT2D eigenvalue weighted by Crippen LogP contribution is 2.27. The molecule has 1 aromatic heterocycles. The highest BCUT2D eigenvalue weighted by molar-refractivity contribution is 7.91. The van der Waals surface area contributed by atoms with Gasteiger partial charge in [-0.3, -0.25) is 0 Å². The quantitative estimate of drug-likeness (QED) is 0.899. The van der Waals surface area contributed by atoms with Crippen molar-refractivity contribution in [3.8, 4) is 0 Å². The van der Waals surface area contributed by atoms with Crippen LogP contribution in [-0.4, -0.2) is 37.9 Å². The van der Waals surface area contributed by atoms with Crippen LogP contribution in [0.25, 0.3) is 0 Å². The van der Waals surface area contributed by atoms with Gasteiger partial charge < -0.3 is 10.1 Å². The second-order valence-electron chi connectivity index (χ2n) is 4.86. The molecule has 1 atom stereocenters. The second kappa shape index (κ2) is 6.20. The summed E-state index contributed by atoms with van der Waals surface area (Å²) in [5, 5.41) is 10.6. The summed E-state index contributed by atoms with van der Waals surface area (Å²) < 4.78 is 30.8. The molecule has 1 aliphatic rings. The minimum Gasteiger partial charge on any atom is -0.376 e. The molecule has 1 unspecified atom stereocenters. The largest absolute Gasteiger partial charge is 0.376 e. The third kappa shape index (κ3) is 3.06. The molecule has 1 aliphatic heterocycles. The van der Waals surface area contributed by atoms with Crippen LogP contribution in [0.2, 0.25) is 5.15 Å². The van der Waals surface area contributed by atoms with Crippen molar-refractivity contribution in [2.24, 2.45) is 0 Å². The predicted octanol–water partition coefficient (Wildman–Crippen LogP) is 2.16. The van der Waals surface area contributed by atoms with Gasteiger partial charge in [0.25, 0.3) is 0 Å². The molecule has 0 bridgehead atoms. The molecule has 0 aliphatic carbocycles. The summed E-state index contributed by atoms with van der Waals surface area (Å²) in [5.74, 6) is 0.184. The molecule has 6 nitrogen and oxygen atoms in total. The Morgan fingerprint density at radius 3 is 2.64 bits per heavy atom. The van der Waals surface area contributed by atoms with Gasteiger partial charge in [-0.2, -0.15) is 0 Å². The summed E-state index contributed by atoms with van der Waals surface area (Å²) in [6, 6.07) is 9.45. The molecule has 0 radical (unpaired) electrons. The molecule has 0 spiro atoms. The number of ether oxygens (including phenoxy) is 1. The van der Waals surface area contributed by atoms with E-state index in [0.717, 1.165) is 13.0 Å². The number of halogens is 1. The molecule has 1 aromatic carbocycles. The smallest absolute Gasteiger partial charge is 0.210 e. The van der Waals surface area contributed by atoms with Gasteiger partial charge in [0.15, 0.2) is 11.0 Å². The molecule has 0 saturated carbocycles. The maximum atomic E-state index is 12.7. The van der Waals surface area contributed by atoms with Crippen LogP contribution >= 0.6 is 11.6 Å². The van der Waals surface area contributed by atoms with Crippen molar-refractivity contribution in [1.82, 2.24) is 10.2 Å². The van der Waals surface area contributed by atoms with E-state index in [1.165, 1.54) is 18.2 Å². The van der Waals surface area contributed by atoms with E-state index in [9.17, 15) is 8.42 Å². The molecule has 22 heavy (non-hydrogen) atoms. The van der Waals surface area contributed by atoms with Crippen molar-refractivity contribution < 1.29 is 13.2 Å². The fourth-order valence-electron chi connectivity index (χ4n) is 2.06. The van der Waals surface area contributed by atoms with E-state index >= 15 is 0 Å². The average molecular weight is 340 g/mol. The molecule has 1 fully saturated rings. The molecular weight excluding hydrogens is 326 g/mol. The highest BCUT2D eigenvalue weighted by atomic mass is 35.5. The maximum Gasteiger partial charge on any atom is 0.210 e.